The van der Waals surface area contributed by atoms with E-state index in [0.717, 1.165) is 25.9 Å². The SMILES string of the molecule is CC(NC(=O)N1CCC(CO)CC1)C1CCC1. The van der Waals surface area contributed by atoms with Crippen molar-refractivity contribution in [1.29, 1.82) is 0 Å². The molecule has 2 rings (SSSR count). The molecule has 1 heterocycles. The number of hydrogen-bond donors (Lipinski definition) is 2. The number of hydrogen-bond acceptors (Lipinski definition) is 2. The normalized spacial score (nSPS) is 24.2. The first kappa shape index (κ1) is 12.7. The minimum Gasteiger partial charge on any atom is -0.396 e. The van der Waals surface area contributed by atoms with Gasteiger partial charge in [0.05, 0.1) is 0 Å². The lowest BCUT2D eigenvalue weighted by Crippen LogP contribution is -2.50. The predicted molar refractivity (Wildman–Crippen MR) is 66.7 cm³/mol. The van der Waals surface area contributed by atoms with Crippen molar-refractivity contribution < 1.29 is 9.90 Å². The Bertz CT molecular complexity index is 258. The fourth-order valence-corrected chi connectivity index (χ4v) is 2.66. The largest absolute Gasteiger partial charge is 0.396 e. The van der Waals surface area contributed by atoms with Crippen molar-refractivity contribution in [2.45, 2.75) is 45.1 Å². The number of likely N-dealkylation sites (tertiary alicyclic amines) is 1. The third-order valence-corrected chi connectivity index (χ3v) is 4.37. The maximum atomic E-state index is 12.0. The molecule has 2 N–H and O–H groups in total. The van der Waals surface area contributed by atoms with Gasteiger partial charge in [-0.2, -0.15) is 0 Å². The van der Waals surface area contributed by atoms with E-state index in [2.05, 4.69) is 12.2 Å². The number of carbonyl (C=O) groups excluding carboxylic acids is 1. The molecule has 98 valence electrons. The molecule has 0 aromatic rings. The van der Waals surface area contributed by atoms with E-state index < -0.39 is 0 Å². The van der Waals surface area contributed by atoms with Gasteiger partial charge < -0.3 is 15.3 Å². The number of carbonyl (C=O) groups is 1. The molecule has 17 heavy (non-hydrogen) atoms. The van der Waals surface area contributed by atoms with E-state index in [1.807, 2.05) is 4.90 Å². The van der Waals surface area contributed by atoms with Crippen LogP contribution in [0.1, 0.15) is 39.0 Å². The lowest BCUT2D eigenvalue weighted by atomic mass is 9.80. The van der Waals surface area contributed by atoms with E-state index in [1.165, 1.54) is 19.3 Å². The Hall–Kier alpha value is -0.770. The van der Waals surface area contributed by atoms with Gasteiger partial charge in [-0.3, -0.25) is 0 Å². The number of aliphatic hydroxyl groups excluding tert-OH is 1. The van der Waals surface area contributed by atoms with Crippen LogP contribution in [-0.2, 0) is 0 Å². The summed E-state index contributed by atoms with van der Waals surface area (Å²) in [5, 5.41) is 12.2. The molecule has 2 fully saturated rings. The number of aliphatic hydroxyl groups is 1. The second-order valence-electron chi connectivity index (χ2n) is 5.54. The van der Waals surface area contributed by atoms with Crippen LogP contribution in [0.5, 0.6) is 0 Å². The summed E-state index contributed by atoms with van der Waals surface area (Å²) in [5.41, 5.74) is 0. The van der Waals surface area contributed by atoms with Crippen molar-refractivity contribution in [3.05, 3.63) is 0 Å². The van der Waals surface area contributed by atoms with Crippen LogP contribution < -0.4 is 5.32 Å². The number of nitrogens with one attached hydrogen (secondary N) is 1. The molecule has 1 saturated carbocycles. The summed E-state index contributed by atoms with van der Waals surface area (Å²) in [5.74, 6) is 1.08. The molecular weight excluding hydrogens is 216 g/mol. The zero-order valence-electron chi connectivity index (χ0n) is 10.7. The van der Waals surface area contributed by atoms with Gasteiger partial charge in [0.15, 0.2) is 0 Å². The standard InChI is InChI=1S/C13H24N2O2/c1-10(12-3-2-4-12)14-13(17)15-7-5-11(9-16)6-8-15/h10-12,16H,2-9H2,1H3,(H,14,17). The highest BCUT2D eigenvalue weighted by molar-refractivity contribution is 5.74. The van der Waals surface area contributed by atoms with Gasteiger partial charge in [-0.1, -0.05) is 6.42 Å². The number of amides is 2. The van der Waals surface area contributed by atoms with Crippen molar-refractivity contribution in [1.82, 2.24) is 10.2 Å². The minimum atomic E-state index is 0.0841. The number of rotatable bonds is 3. The minimum absolute atomic E-state index is 0.0841. The molecule has 1 atom stereocenters. The molecule has 0 aromatic carbocycles. The Kier molecular flexibility index (Phi) is 4.26. The van der Waals surface area contributed by atoms with Crippen molar-refractivity contribution in [2.24, 2.45) is 11.8 Å². The van der Waals surface area contributed by atoms with Crippen LogP contribution in [0.4, 0.5) is 4.79 Å². The Morgan fingerprint density at radius 3 is 2.47 bits per heavy atom. The zero-order chi connectivity index (χ0) is 12.3. The summed E-state index contributed by atoms with van der Waals surface area (Å²) in [6, 6.07) is 0.396. The lowest BCUT2D eigenvalue weighted by molar-refractivity contribution is 0.131. The summed E-state index contributed by atoms with van der Waals surface area (Å²) >= 11 is 0. The maximum Gasteiger partial charge on any atom is 0.317 e. The summed E-state index contributed by atoms with van der Waals surface area (Å²) in [7, 11) is 0. The molecule has 0 aromatic heterocycles. The summed E-state index contributed by atoms with van der Waals surface area (Å²) in [6.45, 7) is 3.94. The quantitative estimate of drug-likeness (QED) is 0.787. The zero-order valence-corrected chi connectivity index (χ0v) is 10.7. The molecule has 1 unspecified atom stereocenters. The van der Waals surface area contributed by atoms with E-state index in [0.29, 0.717) is 17.9 Å². The lowest BCUT2D eigenvalue weighted by Gasteiger charge is -2.35. The summed E-state index contributed by atoms with van der Waals surface area (Å²) in [4.78, 5) is 13.9. The van der Waals surface area contributed by atoms with Gasteiger partial charge >= 0.3 is 6.03 Å². The highest BCUT2D eigenvalue weighted by Gasteiger charge is 2.28. The average molecular weight is 240 g/mol. The molecule has 1 saturated heterocycles. The molecule has 4 heteroatoms. The van der Waals surface area contributed by atoms with E-state index in [1.54, 1.807) is 0 Å². The maximum absolute atomic E-state index is 12.0. The molecule has 2 aliphatic rings. The van der Waals surface area contributed by atoms with Gasteiger partial charge in [0, 0.05) is 25.7 Å². The molecule has 4 nitrogen and oxygen atoms in total. The molecule has 2 amide bonds. The van der Waals surface area contributed by atoms with Crippen LogP contribution in [-0.4, -0.2) is 41.8 Å². The van der Waals surface area contributed by atoms with Crippen LogP contribution in [0, 0.1) is 11.8 Å². The summed E-state index contributed by atoms with van der Waals surface area (Å²) in [6.07, 6.45) is 5.69. The van der Waals surface area contributed by atoms with Crippen molar-refractivity contribution in [3.8, 4) is 0 Å². The number of nitrogens with zero attached hydrogens (tertiary/aromatic N) is 1. The van der Waals surface area contributed by atoms with E-state index >= 15 is 0 Å². The molecule has 0 bridgehead atoms. The van der Waals surface area contributed by atoms with Crippen LogP contribution in [0.3, 0.4) is 0 Å². The van der Waals surface area contributed by atoms with E-state index in [4.69, 9.17) is 5.11 Å². The first-order chi connectivity index (χ1) is 8.20. The van der Waals surface area contributed by atoms with Gasteiger partial charge in [0.1, 0.15) is 0 Å². The van der Waals surface area contributed by atoms with Crippen molar-refractivity contribution in [2.75, 3.05) is 19.7 Å². The molecule has 0 radical (unpaired) electrons. The fourth-order valence-electron chi connectivity index (χ4n) is 2.66. The number of piperidine rings is 1. The van der Waals surface area contributed by atoms with E-state index in [9.17, 15) is 4.79 Å². The second kappa shape index (κ2) is 5.71. The van der Waals surface area contributed by atoms with Crippen molar-refractivity contribution in [3.63, 3.8) is 0 Å². The van der Waals surface area contributed by atoms with Crippen LogP contribution in [0.25, 0.3) is 0 Å². The number of urea groups is 1. The van der Waals surface area contributed by atoms with Gasteiger partial charge in [-0.05, 0) is 44.4 Å². The van der Waals surface area contributed by atoms with Crippen LogP contribution in [0.15, 0.2) is 0 Å². The first-order valence-electron chi connectivity index (χ1n) is 6.87. The van der Waals surface area contributed by atoms with E-state index in [-0.39, 0.29) is 12.6 Å². The third kappa shape index (κ3) is 3.12. The van der Waals surface area contributed by atoms with Crippen LogP contribution in [0.2, 0.25) is 0 Å². The van der Waals surface area contributed by atoms with Crippen LogP contribution >= 0.6 is 0 Å². The molecule has 0 spiro atoms. The Morgan fingerprint density at radius 2 is 2.00 bits per heavy atom. The molecular formula is C13H24N2O2. The van der Waals surface area contributed by atoms with Gasteiger partial charge in [-0.15, -0.1) is 0 Å². The molecule has 1 aliphatic heterocycles. The Morgan fingerprint density at radius 1 is 1.35 bits per heavy atom. The topological polar surface area (TPSA) is 52.6 Å². The monoisotopic (exact) mass is 240 g/mol. The highest BCUT2D eigenvalue weighted by atomic mass is 16.3. The smallest absolute Gasteiger partial charge is 0.317 e. The van der Waals surface area contributed by atoms with Gasteiger partial charge in [0.25, 0.3) is 0 Å². The first-order valence-corrected chi connectivity index (χ1v) is 6.87. The van der Waals surface area contributed by atoms with Gasteiger partial charge in [-0.25, -0.2) is 4.79 Å². The fraction of sp³-hybridized carbons (Fsp3) is 0.923. The second-order valence-corrected chi connectivity index (χ2v) is 5.54. The Balaban J connectivity index is 1.72. The highest BCUT2D eigenvalue weighted by Crippen LogP contribution is 2.29. The third-order valence-electron chi connectivity index (χ3n) is 4.37. The molecule has 1 aliphatic carbocycles. The average Bonchev–Trinajstić information content (AvgIpc) is 2.26. The van der Waals surface area contributed by atoms with Crippen molar-refractivity contribution >= 4 is 6.03 Å². The predicted octanol–water partition coefficient (Wildman–Crippen LogP) is 1.59. The summed E-state index contributed by atoms with van der Waals surface area (Å²) < 4.78 is 0. The Labute approximate surface area is 103 Å². The van der Waals surface area contributed by atoms with Gasteiger partial charge in [0.2, 0.25) is 0 Å².